The molecule has 5 aliphatic rings. The molecule has 6 nitrogen and oxygen atoms in total. The molecule has 0 aromatic heterocycles. The number of unbranched alkanes of at least 4 members (excludes halogenated alkanes) is 3. The summed E-state index contributed by atoms with van der Waals surface area (Å²) < 4.78 is 38.0. The lowest BCUT2D eigenvalue weighted by atomic mass is 9.81. The van der Waals surface area contributed by atoms with Gasteiger partial charge < -0.3 is 27.9 Å². The summed E-state index contributed by atoms with van der Waals surface area (Å²) in [6.45, 7) is 6.55. The van der Waals surface area contributed by atoms with Crippen LogP contribution in [-0.4, -0.2) is 58.0 Å². The van der Waals surface area contributed by atoms with Crippen molar-refractivity contribution in [3.63, 3.8) is 0 Å². The minimum absolute atomic E-state index is 0.127. The van der Waals surface area contributed by atoms with Gasteiger partial charge in [-0.2, -0.15) is 0 Å². The third kappa shape index (κ3) is 4.14. The van der Waals surface area contributed by atoms with Crippen molar-refractivity contribution in [2.75, 3.05) is 0 Å². The van der Waals surface area contributed by atoms with E-state index in [-0.39, 0.29) is 58.0 Å². The fourth-order valence-electron chi connectivity index (χ4n) is 4.72. The van der Waals surface area contributed by atoms with E-state index < -0.39 is 0 Å². The molecule has 0 radical (unpaired) electrons. The minimum atomic E-state index is -0.223. The van der Waals surface area contributed by atoms with Crippen LogP contribution in [0.1, 0.15) is 59.3 Å². The lowest BCUT2D eigenvalue weighted by molar-refractivity contribution is -0.106. The molecule has 1 aliphatic carbocycles. The topological polar surface area (TPSA) is 55.4 Å². The third-order valence-electron chi connectivity index (χ3n) is 6.18. The highest BCUT2D eigenvalue weighted by Gasteiger charge is 2.64. The summed E-state index contributed by atoms with van der Waals surface area (Å²) in [7, 11) is -0.558. The molecular weight excluding hydrogens is 345 g/mol. The number of hydrogen-bond donors (Lipinski definition) is 0. The Labute approximate surface area is 164 Å². The Kier molecular flexibility index (Phi) is 6.88. The zero-order valence-corrected chi connectivity index (χ0v) is 17.0. The van der Waals surface area contributed by atoms with E-state index in [2.05, 4.69) is 20.8 Å². The summed E-state index contributed by atoms with van der Waals surface area (Å²) in [5, 5.41) is 0. The van der Waals surface area contributed by atoms with E-state index in [9.17, 15) is 0 Å². The van der Waals surface area contributed by atoms with Crippen molar-refractivity contribution in [3.05, 3.63) is 0 Å². The highest BCUT2D eigenvalue weighted by atomic mass is 16.7. The quantitative estimate of drug-likeness (QED) is 0.575. The van der Waals surface area contributed by atoms with Crippen molar-refractivity contribution in [2.45, 2.75) is 115 Å². The summed E-state index contributed by atoms with van der Waals surface area (Å²) >= 11 is 0. The average Bonchev–Trinajstić information content (AvgIpc) is 3.23. The van der Waals surface area contributed by atoms with E-state index in [1.165, 1.54) is 0 Å². The molecule has 9 heteroatoms. The molecule has 4 saturated heterocycles. The molecule has 0 N–H and O–H groups in total. The van der Waals surface area contributed by atoms with Gasteiger partial charge in [-0.3, -0.25) is 0 Å². The van der Waals surface area contributed by atoms with Gasteiger partial charge in [-0.25, -0.2) is 0 Å². The second-order valence-electron chi connectivity index (χ2n) is 8.32. The lowest BCUT2D eigenvalue weighted by Gasteiger charge is -2.40. The van der Waals surface area contributed by atoms with Crippen LogP contribution in [0, 0.1) is 0 Å². The van der Waals surface area contributed by atoms with Crippen LogP contribution in [0.25, 0.3) is 0 Å². The van der Waals surface area contributed by atoms with E-state index in [0.717, 1.165) is 57.5 Å². The summed E-state index contributed by atoms with van der Waals surface area (Å²) in [4.78, 5) is 0. The molecule has 5 fully saturated rings. The highest BCUT2D eigenvalue weighted by molar-refractivity contribution is 6.47. The van der Waals surface area contributed by atoms with Gasteiger partial charge in [0.25, 0.3) is 0 Å². The first-order valence-electron chi connectivity index (χ1n) is 11.2. The van der Waals surface area contributed by atoms with Gasteiger partial charge in [0.15, 0.2) is 0 Å². The van der Waals surface area contributed by atoms with Gasteiger partial charge in [-0.1, -0.05) is 59.3 Å². The van der Waals surface area contributed by atoms with Gasteiger partial charge >= 0.3 is 21.4 Å². The standard InChI is InChI=1S/C18H33B3O6/c1-4-7-10-19-22-13-14(23-19)18-16-15(24-20(25-16)11-8-5-2)17(13)26-21(27-18)12-9-6-3/h13-18H,4-12H2,1-3H3/t13-,14+,15+,16-,17?,18?. The molecule has 4 aliphatic heterocycles. The average molecular weight is 378 g/mol. The van der Waals surface area contributed by atoms with E-state index in [1.54, 1.807) is 0 Å². The first kappa shape index (κ1) is 20.2. The molecule has 0 spiro atoms. The highest BCUT2D eigenvalue weighted by Crippen LogP contribution is 2.44. The fourth-order valence-corrected chi connectivity index (χ4v) is 4.72. The fraction of sp³-hybridized carbons (Fsp3) is 1.00. The Balaban J connectivity index is 1.49. The van der Waals surface area contributed by atoms with Crippen LogP contribution >= 0.6 is 0 Å². The van der Waals surface area contributed by atoms with Crippen molar-refractivity contribution in [3.8, 4) is 0 Å². The van der Waals surface area contributed by atoms with E-state index in [1.807, 2.05) is 0 Å². The lowest BCUT2D eigenvalue weighted by Crippen LogP contribution is -2.60. The van der Waals surface area contributed by atoms with Crippen molar-refractivity contribution in [1.82, 2.24) is 0 Å². The van der Waals surface area contributed by atoms with Gasteiger partial charge in [0.2, 0.25) is 0 Å². The Morgan fingerprint density at radius 2 is 0.667 bits per heavy atom. The number of hydrogen-bond acceptors (Lipinski definition) is 6. The second-order valence-corrected chi connectivity index (χ2v) is 8.32. The van der Waals surface area contributed by atoms with Crippen LogP contribution in [0.15, 0.2) is 0 Å². The van der Waals surface area contributed by atoms with Crippen LogP contribution in [0.4, 0.5) is 0 Å². The van der Waals surface area contributed by atoms with Crippen LogP contribution in [-0.2, 0) is 27.9 Å². The minimum Gasteiger partial charge on any atom is -0.403 e. The summed E-state index contributed by atoms with van der Waals surface area (Å²) in [6, 6.07) is 0. The van der Waals surface area contributed by atoms with Crippen LogP contribution < -0.4 is 0 Å². The molecular formula is C18H33B3O6. The van der Waals surface area contributed by atoms with Crippen LogP contribution in [0.5, 0.6) is 0 Å². The van der Waals surface area contributed by atoms with Gasteiger partial charge in [-0.15, -0.1) is 0 Å². The Bertz CT molecular complexity index is 424. The zero-order valence-electron chi connectivity index (χ0n) is 17.0. The maximum absolute atomic E-state index is 6.41. The molecule has 0 aromatic rings. The van der Waals surface area contributed by atoms with Crippen molar-refractivity contribution in [1.29, 1.82) is 0 Å². The van der Waals surface area contributed by atoms with Crippen molar-refractivity contribution in [2.24, 2.45) is 0 Å². The largest absolute Gasteiger partial charge is 0.457 e. The molecule has 0 aromatic carbocycles. The SMILES string of the molecule is CCCCB1OC2[C@H]3OB(CCCC)O[C@H]3C(O1)[C@H]1OB(CCCC)O[C@@H]21. The third-order valence-corrected chi connectivity index (χ3v) is 6.18. The summed E-state index contributed by atoms with van der Waals surface area (Å²) in [6.07, 6.45) is 8.51. The molecule has 0 atom stereocenters. The Morgan fingerprint density at radius 3 is 0.852 bits per heavy atom. The normalized spacial score (nSPS) is 37.7. The molecule has 1 saturated carbocycles. The Morgan fingerprint density at radius 1 is 0.444 bits per heavy atom. The smallest absolute Gasteiger partial charge is 0.403 e. The molecule has 0 amide bonds. The monoisotopic (exact) mass is 378 g/mol. The van der Waals surface area contributed by atoms with Crippen LogP contribution in [0.2, 0.25) is 19.0 Å². The van der Waals surface area contributed by atoms with E-state index in [4.69, 9.17) is 27.9 Å². The maximum atomic E-state index is 6.41. The van der Waals surface area contributed by atoms with Gasteiger partial charge in [0, 0.05) is 0 Å². The molecule has 4 heterocycles. The Hall–Kier alpha value is -0.0452. The summed E-state index contributed by atoms with van der Waals surface area (Å²) in [5.74, 6) is 0. The van der Waals surface area contributed by atoms with Crippen LogP contribution in [0.3, 0.4) is 0 Å². The molecule has 5 rings (SSSR count). The second kappa shape index (κ2) is 9.18. The van der Waals surface area contributed by atoms with Crippen molar-refractivity contribution < 1.29 is 27.9 Å². The molecule has 2 bridgehead atoms. The molecule has 0 unspecified atom stereocenters. The molecule has 150 valence electrons. The number of rotatable bonds is 9. The first-order valence-corrected chi connectivity index (χ1v) is 11.2. The predicted molar refractivity (Wildman–Crippen MR) is 106 cm³/mol. The first-order chi connectivity index (χ1) is 13.2. The predicted octanol–water partition coefficient (Wildman–Crippen LogP) is 3.22. The van der Waals surface area contributed by atoms with E-state index in [0.29, 0.717) is 0 Å². The number of fused-ring (bicyclic) bond motifs is 2. The summed E-state index contributed by atoms with van der Waals surface area (Å²) in [5.41, 5.74) is 0. The van der Waals surface area contributed by atoms with Gasteiger partial charge in [-0.05, 0) is 19.0 Å². The zero-order chi connectivity index (χ0) is 18.8. The van der Waals surface area contributed by atoms with E-state index >= 15 is 0 Å². The maximum Gasteiger partial charge on any atom is 0.457 e. The van der Waals surface area contributed by atoms with Gasteiger partial charge in [0.1, 0.15) is 0 Å². The van der Waals surface area contributed by atoms with Crippen molar-refractivity contribution >= 4 is 21.4 Å². The van der Waals surface area contributed by atoms with Gasteiger partial charge in [0.05, 0.1) is 36.6 Å². The molecule has 27 heavy (non-hydrogen) atoms.